The number of hydrogen-bond donors (Lipinski definition) is 5. The molecule has 0 unspecified atom stereocenters. The highest BCUT2D eigenvalue weighted by atomic mass is 32.2. The Labute approximate surface area is 397 Å². The van der Waals surface area contributed by atoms with Crippen LogP contribution in [0.4, 0.5) is 19.3 Å². The van der Waals surface area contributed by atoms with Gasteiger partial charge in [-0.2, -0.15) is 0 Å². The molecule has 1 fully saturated rings. The highest BCUT2D eigenvalue weighted by Gasteiger charge is 2.46. The smallest absolute Gasteiger partial charge is 0.312 e. The van der Waals surface area contributed by atoms with Gasteiger partial charge in [0.15, 0.2) is 28.9 Å². The highest BCUT2D eigenvalue weighted by molar-refractivity contribution is 7.98. The number of anilines is 1. The van der Waals surface area contributed by atoms with Gasteiger partial charge in [0.1, 0.15) is 12.8 Å². The van der Waals surface area contributed by atoms with Crippen molar-refractivity contribution in [2.45, 2.75) is 94.3 Å². The number of hydrogen-bond acceptors (Lipinski definition) is 11. The number of nitrogens with one attached hydrogen (secondary N) is 3. The number of aromatic nitrogens is 1. The first-order chi connectivity index (χ1) is 32.8. The molecule has 0 spiro atoms. The van der Waals surface area contributed by atoms with E-state index in [9.17, 15) is 33.2 Å². The normalized spacial score (nSPS) is 17.2. The van der Waals surface area contributed by atoms with Gasteiger partial charge in [0.05, 0.1) is 25.3 Å². The molecule has 0 radical (unpaired) electrons. The molecule has 7 N–H and O–H groups in total. The molecule has 19 heteroatoms. The maximum atomic E-state index is 15.6. The van der Waals surface area contributed by atoms with Crippen LogP contribution >= 0.6 is 11.8 Å². The van der Waals surface area contributed by atoms with Gasteiger partial charge in [0.2, 0.25) is 17.2 Å². The van der Waals surface area contributed by atoms with E-state index in [-0.39, 0.29) is 92.5 Å². The third-order valence-electron chi connectivity index (χ3n) is 12.4. The van der Waals surface area contributed by atoms with Crippen molar-refractivity contribution >= 4 is 47.0 Å². The minimum Gasteiger partial charge on any atom is -0.482 e. The van der Waals surface area contributed by atoms with Gasteiger partial charge >= 0.3 is 6.03 Å². The number of nitrogens with two attached hydrogens (primary N) is 2. The van der Waals surface area contributed by atoms with E-state index in [0.29, 0.717) is 36.2 Å². The number of thioether (sulfide) groups is 1. The number of primary amides is 1. The molecule has 0 aliphatic carbocycles. The Kier molecular flexibility index (Phi) is 16.5. The van der Waals surface area contributed by atoms with Gasteiger partial charge in [0.25, 0.3) is 5.91 Å². The lowest BCUT2D eigenvalue weighted by atomic mass is 9.89. The summed E-state index contributed by atoms with van der Waals surface area (Å²) in [5.74, 6) is -4.40. The summed E-state index contributed by atoms with van der Waals surface area (Å²) in [7, 11) is 0. The van der Waals surface area contributed by atoms with Crippen molar-refractivity contribution in [1.82, 2.24) is 20.2 Å². The summed E-state index contributed by atoms with van der Waals surface area (Å²) in [6.45, 7) is 4.80. The van der Waals surface area contributed by atoms with E-state index >= 15 is 4.39 Å². The van der Waals surface area contributed by atoms with Crippen LogP contribution in [0.2, 0.25) is 0 Å². The number of amides is 5. The van der Waals surface area contributed by atoms with E-state index in [4.69, 9.17) is 20.9 Å². The quantitative estimate of drug-likeness (QED) is 0.0699. The van der Waals surface area contributed by atoms with Crippen molar-refractivity contribution in [2.75, 3.05) is 43.2 Å². The predicted octanol–water partition coefficient (Wildman–Crippen LogP) is 5.47. The van der Waals surface area contributed by atoms with Gasteiger partial charge in [-0.25, -0.2) is 13.6 Å². The fraction of sp³-hybridized carbons (Fsp3) is 0.429. The number of rotatable bonds is 20. The Morgan fingerprint density at radius 2 is 1.74 bits per heavy atom. The molecule has 0 saturated carbocycles. The molecule has 16 nitrogen and oxygen atoms in total. The van der Waals surface area contributed by atoms with Crippen molar-refractivity contribution in [3.05, 3.63) is 123 Å². The zero-order valence-electron chi connectivity index (χ0n) is 38.1. The molecule has 4 heterocycles. The van der Waals surface area contributed by atoms with Crippen LogP contribution in [-0.2, 0) is 31.5 Å². The van der Waals surface area contributed by atoms with Crippen molar-refractivity contribution in [1.29, 1.82) is 0 Å². The number of ether oxygens (including phenoxy) is 2. The number of ketones is 1. The molecule has 4 aromatic rings. The molecule has 3 aliphatic heterocycles. The number of urea groups is 1. The van der Waals surface area contributed by atoms with Crippen LogP contribution in [0.15, 0.2) is 82.6 Å². The SMILES string of the molecule is CC(C)[C@H](NC(=O)CCCCCN)C(=O)C[C@@H](CCCNC(N)=O)C(=O)Nc1ccc(COc2c3n(ccc2=O)N([C@@H]2c4ccccc4SCc4c2ccc(F)c4F)[C@@H]2COCCN2C3=O)cc1. The summed E-state index contributed by atoms with van der Waals surface area (Å²) in [5, 5.41) is 10.1. The van der Waals surface area contributed by atoms with Gasteiger partial charge in [-0.3, -0.25) is 33.7 Å². The van der Waals surface area contributed by atoms with Crippen LogP contribution in [-0.4, -0.2) is 84.2 Å². The van der Waals surface area contributed by atoms with Crippen LogP contribution in [0, 0.1) is 23.5 Å². The molecule has 1 saturated heterocycles. The topological polar surface area (TPSA) is 220 Å². The van der Waals surface area contributed by atoms with Crippen LogP contribution < -0.4 is 42.6 Å². The average Bonchev–Trinajstić information content (AvgIpc) is 3.49. The van der Waals surface area contributed by atoms with Crippen LogP contribution in [0.25, 0.3) is 0 Å². The maximum absolute atomic E-state index is 15.6. The van der Waals surface area contributed by atoms with Crippen LogP contribution in [0.5, 0.6) is 5.75 Å². The van der Waals surface area contributed by atoms with Gasteiger partial charge < -0.3 is 41.8 Å². The Balaban J connectivity index is 1.10. The largest absolute Gasteiger partial charge is 0.482 e. The summed E-state index contributed by atoms with van der Waals surface area (Å²) in [5.41, 5.74) is 12.7. The Bertz CT molecular complexity index is 2560. The van der Waals surface area contributed by atoms with Gasteiger partial charge in [-0.05, 0) is 79.1 Å². The molecule has 362 valence electrons. The third kappa shape index (κ3) is 11.3. The Morgan fingerprint density at radius 3 is 2.49 bits per heavy atom. The molecule has 3 aliphatic rings. The lowest BCUT2D eigenvalue weighted by molar-refractivity contribution is -0.131. The van der Waals surface area contributed by atoms with E-state index < -0.39 is 59.1 Å². The second-order valence-corrected chi connectivity index (χ2v) is 18.5. The summed E-state index contributed by atoms with van der Waals surface area (Å²) in [6, 6.07) is 16.0. The molecule has 1 aromatic heterocycles. The molecule has 0 bridgehead atoms. The first-order valence-corrected chi connectivity index (χ1v) is 23.9. The summed E-state index contributed by atoms with van der Waals surface area (Å²) < 4.78 is 44.1. The van der Waals surface area contributed by atoms with E-state index in [2.05, 4.69) is 16.0 Å². The van der Waals surface area contributed by atoms with E-state index in [1.54, 1.807) is 39.9 Å². The minimum absolute atomic E-state index is 0.0357. The zero-order chi connectivity index (χ0) is 48.5. The van der Waals surface area contributed by atoms with Gasteiger partial charge in [-0.15, -0.1) is 11.8 Å². The first-order valence-electron chi connectivity index (χ1n) is 23.0. The fourth-order valence-corrected chi connectivity index (χ4v) is 10.0. The number of benzene rings is 3. The lowest BCUT2D eigenvalue weighted by Gasteiger charge is -2.51. The maximum Gasteiger partial charge on any atom is 0.312 e. The number of carbonyl (C=O) groups is 5. The second-order valence-electron chi connectivity index (χ2n) is 17.5. The number of morpholine rings is 1. The van der Waals surface area contributed by atoms with E-state index in [1.165, 1.54) is 24.0 Å². The van der Waals surface area contributed by atoms with E-state index in [0.717, 1.165) is 29.4 Å². The molecular weight excluding hydrogens is 899 g/mol. The second kappa shape index (κ2) is 22.7. The first kappa shape index (κ1) is 49.6. The molecule has 68 heavy (non-hydrogen) atoms. The number of carbonyl (C=O) groups excluding carboxylic acids is 5. The number of fused-ring (bicyclic) bond motifs is 4. The van der Waals surface area contributed by atoms with Crippen molar-refractivity contribution in [2.24, 2.45) is 23.3 Å². The molecule has 7 rings (SSSR count). The summed E-state index contributed by atoms with van der Waals surface area (Å²) >= 11 is 1.39. The third-order valence-corrected chi connectivity index (χ3v) is 13.5. The zero-order valence-corrected chi connectivity index (χ0v) is 39.0. The number of Topliss-reactive ketones (excluding diaryl/α,β-unsaturated/α-hetero) is 1. The number of halogens is 2. The number of unbranched alkanes of at least 4 members (excludes halogenated alkanes) is 2. The number of nitrogens with zero attached hydrogens (tertiary/aromatic N) is 3. The van der Waals surface area contributed by atoms with Gasteiger partial charge in [-0.1, -0.05) is 56.7 Å². The van der Waals surface area contributed by atoms with Crippen molar-refractivity contribution in [3.8, 4) is 5.75 Å². The Hall–Kier alpha value is -6.31. The van der Waals surface area contributed by atoms with Crippen LogP contribution in [0.3, 0.4) is 0 Å². The van der Waals surface area contributed by atoms with E-state index in [1.807, 2.05) is 43.1 Å². The highest BCUT2D eigenvalue weighted by Crippen LogP contribution is 2.45. The standard InChI is InChI=1S/C49H58F2N8O8S/c1-29(2)43(56-40(62)12-4-3-7-20-52)38(61)25-31(9-8-21-54-49(53)65)47(63)55-32-15-13-30(14-16-32)26-67-46-37(60)19-22-58-45(46)48(64)57-23-24-66-27-41(57)59(58)44-33-17-18-36(50)42(51)35(33)28-68-39-11-6-5-10-34(39)44/h5-6,10-11,13-19,22,29,31,41,43-44H,3-4,7-9,12,20-21,23-28,52H2,1-2H3,(H,55,63)(H,56,62)(H3,53,54,65)/t31-,41-,43+,44+/m1/s1. The summed E-state index contributed by atoms with van der Waals surface area (Å²) in [6.07, 6.45) is 3.76. The van der Waals surface area contributed by atoms with Gasteiger partial charge in [0, 0.05) is 66.0 Å². The van der Waals surface area contributed by atoms with Crippen LogP contribution in [0.1, 0.15) is 97.6 Å². The molecule has 5 amide bonds. The monoisotopic (exact) mass is 956 g/mol. The summed E-state index contributed by atoms with van der Waals surface area (Å²) in [4.78, 5) is 82.2. The molecule has 4 atom stereocenters. The van der Waals surface area contributed by atoms with Crippen molar-refractivity contribution < 1.29 is 42.2 Å². The van der Waals surface area contributed by atoms with Crippen molar-refractivity contribution in [3.63, 3.8) is 0 Å². The minimum atomic E-state index is -0.966. The fourth-order valence-electron chi connectivity index (χ4n) is 8.92. The molecular formula is C49H58F2N8O8S. The number of pyridine rings is 1. The Morgan fingerprint density at radius 1 is 0.956 bits per heavy atom. The lowest BCUT2D eigenvalue weighted by Crippen LogP contribution is -2.66. The predicted molar refractivity (Wildman–Crippen MR) is 252 cm³/mol. The average molecular weight is 957 g/mol. The molecule has 3 aromatic carbocycles.